The van der Waals surface area contributed by atoms with Crippen LogP contribution in [0.2, 0.25) is 0 Å². The summed E-state index contributed by atoms with van der Waals surface area (Å²) in [6.07, 6.45) is 6.04. The average molecular weight is 346 g/mol. The molecule has 0 aromatic heterocycles. The lowest BCUT2D eigenvalue weighted by atomic mass is 9.83. The number of methoxy groups -OCH3 is 1. The molecule has 5 nitrogen and oxygen atoms in total. The molecule has 1 unspecified atom stereocenters. The van der Waals surface area contributed by atoms with Gasteiger partial charge in [-0.2, -0.15) is 0 Å². The fourth-order valence-corrected chi connectivity index (χ4v) is 4.15. The summed E-state index contributed by atoms with van der Waals surface area (Å²) in [6.45, 7) is 4.87. The van der Waals surface area contributed by atoms with Crippen LogP contribution >= 0.6 is 0 Å². The van der Waals surface area contributed by atoms with E-state index in [0.717, 1.165) is 43.9 Å². The Labute approximate surface area is 150 Å². The molecule has 25 heavy (non-hydrogen) atoms. The van der Waals surface area contributed by atoms with Gasteiger partial charge in [0.1, 0.15) is 5.75 Å². The van der Waals surface area contributed by atoms with E-state index in [1.165, 1.54) is 19.3 Å². The number of carbonyl (C=O) groups excluding carboxylic acids is 1. The van der Waals surface area contributed by atoms with E-state index in [0.29, 0.717) is 6.54 Å². The van der Waals surface area contributed by atoms with Gasteiger partial charge in [-0.05, 0) is 25.8 Å². The van der Waals surface area contributed by atoms with Crippen LogP contribution in [0.25, 0.3) is 0 Å². The zero-order valence-electron chi connectivity index (χ0n) is 15.4. The van der Waals surface area contributed by atoms with Crippen LogP contribution in [0.1, 0.15) is 50.6 Å². The molecule has 1 aromatic carbocycles. The molecule has 1 spiro atoms. The number of hydrogen-bond acceptors (Lipinski definition) is 4. The third-order valence-electron chi connectivity index (χ3n) is 5.44. The predicted octanol–water partition coefficient (Wildman–Crippen LogP) is 2.91. The zero-order chi connectivity index (χ0) is 17.7. The van der Waals surface area contributed by atoms with Gasteiger partial charge < -0.3 is 14.8 Å². The highest BCUT2D eigenvalue weighted by Crippen LogP contribution is 2.34. The van der Waals surface area contributed by atoms with E-state index in [9.17, 15) is 4.79 Å². The maximum atomic E-state index is 12.5. The monoisotopic (exact) mass is 346 g/mol. The summed E-state index contributed by atoms with van der Waals surface area (Å²) in [5, 5.41) is 3.11. The van der Waals surface area contributed by atoms with Crippen molar-refractivity contribution in [3.05, 3.63) is 29.8 Å². The summed E-state index contributed by atoms with van der Waals surface area (Å²) in [4.78, 5) is 14.8. The summed E-state index contributed by atoms with van der Waals surface area (Å²) in [7, 11) is 1.66. The number of nitrogens with zero attached hydrogens (tertiary/aromatic N) is 1. The molecule has 138 valence electrons. The number of hydrogen-bond donors (Lipinski definition) is 1. The van der Waals surface area contributed by atoms with Crippen LogP contribution in [0, 0.1) is 0 Å². The molecular weight excluding hydrogens is 316 g/mol. The van der Waals surface area contributed by atoms with Crippen molar-refractivity contribution in [1.82, 2.24) is 10.2 Å². The minimum absolute atomic E-state index is 0.00888. The van der Waals surface area contributed by atoms with Crippen LogP contribution in [0.15, 0.2) is 24.3 Å². The van der Waals surface area contributed by atoms with Crippen molar-refractivity contribution in [2.75, 3.05) is 33.4 Å². The quantitative estimate of drug-likeness (QED) is 0.891. The Balaban J connectivity index is 1.55. The number of rotatable bonds is 5. The van der Waals surface area contributed by atoms with Gasteiger partial charge in [0.25, 0.3) is 0 Å². The molecule has 1 aliphatic heterocycles. The van der Waals surface area contributed by atoms with Gasteiger partial charge in [0, 0.05) is 18.7 Å². The topological polar surface area (TPSA) is 50.8 Å². The Morgan fingerprint density at radius 1 is 1.32 bits per heavy atom. The van der Waals surface area contributed by atoms with Crippen LogP contribution in [0.5, 0.6) is 5.75 Å². The standard InChI is InChI=1S/C20H30N2O3/c1-16(17-8-4-5-9-18(17)24-2)21-19(23)14-22-12-13-25-20(15-22)10-6-3-7-11-20/h4-5,8-9,16H,3,6-7,10-15H2,1-2H3,(H,21,23). The highest BCUT2D eigenvalue weighted by molar-refractivity contribution is 5.78. The van der Waals surface area contributed by atoms with E-state index >= 15 is 0 Å². The van der Waals surface area contributed by atoms with Crippen LogP contribution in [-0.2, 0) is 9.53 Å². The fourth-order valence-electron chi connectivity index (χ4n) is 4.15. The Morgan fingerprint density at radius 3 is 2.84 bits per heavy atom. The second kappa shape index (κ2) is 8.19. The Kier molecular flexibility index (Phi) is 5.97. The van der Waals surface area contributed by atoms with E-state index in [-0.39, 0.29) is 17.6 Å². The third-order valence-corrected chi connectivity index (χ3v) is 5.44. The normalized spacial score (nSPS) is 21.7. The van der Waals surface area contributed by atoms with Crippen LogP contribution < -0.4 is 10.1 Å². The van der Waals surface area contributed by atoms with Crippen LogP contribution in [-0.4, -0.2) is 49.8 Å². The van der Waals surface area contributed by atoms with Gasteiger partial charge in [0.15, 0.2) is 0 Å². The van der Waals surface area contributed by atoms with Crippen molar-refractivity contribution in [3.8, 4) is 5.75 Å². The maximum Gasteiger partial charge on any atom is 0.234 e. The van der Waals surface area contributed by atoms with Gasteiger partial charge in [-0.25, -0.2) is 0 Å². The molecule has 1 aliphatic carbocycles. The van der Waals surface area contributed by atoms with Gasteiger partial charge >= 0.3 is 0 Å². The first kappa shape index (κ1) is 18.2. The number of ether oxygens (including phenoxy) is 2. The second-order valence-electron chi connectivity index (χ2n) is 7.33. The SMILES string of the molecule is COc1ccccc1C(C)NC(=O)CN1CCOC2(CCCCC2)C1. The molecule has 5 heteroatoms. The molecule has 0 bridgehead atoms. The molecule has 1 heterocycles. The third kappa shape index (κ3) is 4.53. The molecule has 1 amide bonds. The fraction of sp³-hybridized carbons (Fsp3) is 0.650. The lowest BCUT2D eigenvalue weighted by Gasteiger charge is -2.44. The number of nitrogens with one attached hydrogen (secondary N) is 1. The van der Waals surface area contributed by atoms with Gasteiger partial charge in [0.2, 0.25) is 5.91 Å². The molecular formula is C20H30N2O3. The Morgan fingerprint density at radius 2 is 2.08 bits per heavy atom. The summed E-state index contributed by atoms with van der Waals surface area (Å²) in [5.41, 5.74) is 0.995. The summed E-state index contributed by atoms with van der Waals surface area (Å²) >= 11 is 0. The van der Waals surface area contributed by atoms with Gasteiger partial charge in [-0.1, -0.05) is 37.5 Å². The first-order valence-electron chi connectivity index (χ1n) is 9.40. The van der Waals surface area contributed by atoms with E-state index < -0.39 is 0 Å². The van der Waals surface area contributed by atoms with Crippen molar-refractivity contribution >= 4 is 5.91 Å². The first-order chi connectivity index (χ1) is 12.1. The molecule has 1 aromatic rings. The molecule has 1 atom stereocenters. The molecule has 3 rings (SSSR count). The molecule has 2 aliphatic rings. The molecule has 0 radical (unpaired) electrons. The molecule has 1 N–H and O–H groups in total. The second-order valence-corrected chi connectivity index (χ2v) is 7.33. The smallest absolute Gasteiger partial charge is 0.234 e. The van der Waals surface area contributed by atoms with Crippen molar-refractivity contribution in [2.24, 2.45) is 0 Å². The molecule has 2 fully saturated rings. The number of morpholine rings is 1. The number of amides is 1. The maximum absolute atomic E-state index is 12.5. The van der Waals surface area contributed by atoms with E-state index in [1.54, 1.807) is 7.11 Å². The Bertz CT molecular complexity index is 579. The van der Waals surface area contributed by atoms with Crippen LogP contribution in [0.4, 0.5) is 0 Å². The van der Waals surface area contributed by atoms with Gasteiger partial charge in [-0.15, -0.1) is 0 Å². The summed E-state index contributed by atoms with van der Waals surface area (Å²) < 4.78 is 11.5. The first-order valence-corrected chi connectivity index (χ1v) is 9.40. The predicted molar refractivity (Wildman–Crippen MR) is 97.8 cm³/mol. The summed E-state index contributed by atoms with van der Waals surface area (Å²) in [6, 6.07) is 7.75. The minimum Gasteiger partial charge on any atom is -0.496 e. The van der Waals surface area contributed by atoms with Gasteiger partial charge in [0.05, 0.1) is 31.9 Å². The van der Waals surface area contributed by atoms with Crippen molar-refractivity contribution in [1.29, 1.82) is 0 Å². The highest BCUT2D eigenvalue weighted by Gasteiger charge is 2.38. The lowest BCUT2D eigenvalue weighted by molar-refractivity contribution is -0.138. The van der Waals surface area contributed by atoms with Crippen molar-refractivity contribution < 1.29 is 14.3 Å². The summed E-state index contributed by atoms with van der Waals surface area (Å²) in [5.74, 6) is 0.870. The largest absolute Gasteiger partial charge is 0.496 e. The average Bonchev–Trinajstić information content (AvgIpc) is 2.62. The lowest BCUT2D eigenvalue weighted by Crippen LogP contribution is -2.54. The number of para-hydroxylation sites is 1. The van der Waals surface area contributed by atoms with Gasteiger partial charge in [-0.3, -0.25) is 9.69 Å². The zero-order valence-corrected chi connectivity index (χ0v) is 15.4. The Hall–Kier alpha value is -1.59. The van der Waals surface area contributed by atoms with E-state index in [4.69, 9.17) is 9.47 Å². The van der Waals surface area contributed by atoms with Crippen molar-refractivity contribution in [2.45, 2.75) is 50.7 Å². The van der Waals surface area contributed by atoms with E-state index in [2.05, 4.69) is 10.2 Å². The van der Waals surface area contributed by atoms with Crippen molar-refractivity contribution in [3.63, 3.8) is 0 Å². The molecule has 1 saturated heterocycles. The number of benzene rings is 1. The number of carbonyl (C=O) groups is 1. The van der Waals surface area contributed by atoms with E-state index in [1.807, 2.05) is 31.2 Å². The van der Waals surface area contributed by atoms with Crippen LogP contribution in [0.3, 0.4) is 0 Å². The highest BCUT2D eigenvalue weighted by atomic mass is 16.5. The minimum atomic E-state index is -0.0756. The molecule has 1 saturated carbocycles.